The molecule has 0 fully saturated rings. The van der Waals surface area contributed by atoms with Crippen LogP contribution in [0.25, 0.3) is 5.70 Å². The number of carbonyl (C=O) groups excluding carboxylic acids is 1. The van der Waals surface area contributed by atoms with E-state index in [2.05, 4.69) is 26.2 Å². The summed E-state index contributed by atoms with van der Waals surface area (Å²) in [6, 6.07) is 3.53. The topological polar surface area (TPSA) is 88.2 Å². The summed E-state index contributed by atoms with van der Waals surface area (Å²) in [7, 11) is -3.80. The maximum atomic E-state index is 14.7. The van der Waals surface area contributed by atoms with Gasteiger partial charge in [0.2, 0.25) is 10.0 Å². The number of sulfonamides is 1. The molecular weight excluding hydrogens is 456 g/mol. The molecule has 28 heavy (non-hydrogen) atoms. The number of hydrogen-bond acceptors (Lipinski definition) is 4. The first-order chi connectivity index (χ1) is 13.2. The van der Waals surface area contributed by atoms with Crippen molar-refractivity contribution in [1.29, 1.82) is 0 Å². The molecule has 0 saturated carbocycles. The second kappa shape index (κ2) is 7.96. The average Bonchev–Trinajstić information content (AvgIpc) is 2.99. The Morgan fingerprint density at radius 1 is 1.32 bits per heavy atom. The second-order valence-electron chi connectivity index (χ2n) is 6.13. The Balaban J connectivity index is 1.89. The number of pyridine rings is 1. The van der Waals surface area contributed by atoms with Crippen molar-refractivity contribution in [2.24, 2.45) is 0 Å². The monoisotopic (exact) mass is 471 g/mol. The number of carbonyl (C=O) groups is 1. The first-order valence-electron chi connectivity index (χ1n) is 8.36. The maximum Gasteiger partial charge on any atom is 0.261 e. The number of hydrogen-bond donors (Lipinski definition) is 2. The van der Waals surface area contributed by atoms with Crippen LogP contribution in [0.2, 0.25) is 0 Å². The lowest BCUT2D eigenvalue weighted by atomic mass is 10.1. The van der Waals surface area contributed by atoms with E-state index in [1.165, 1.54) is 0 Å². The Morgan fingerprint density at radius 2 is 2.07 bits per heavy atom. The van der Waals surface area contributed by atoms with Gasteiger partial charge in [0.15, 0.2) is 5.82 Å². The van der Waals surface area contributed by atoms with Crippen molar-refractivity contribution in [1.82, 2.24) is 10.3 Å². The fraction of sp³-hybridized carbons (Fsp3) is 0.222. The molecule has 1 aliphatic rings. The fourth-order valence-electron chi connectivity index (χ4n) is 2.80. The summed E-state index contributed by atoms with van der Waals surface area (Å²) in [5, 5.41) is 2.48. The number of anilines is 1. The van der Waals surface area contributed by atoms with E-state index in [9.17, 15) is 22.0 Å². The molecule has 0 unspecified atom stereocenters. The van der Waals surface area contributed by atoms with Crippen LogP contribution in [0.1, 0.15) is 35.0 Å². The maximum absolute atomic E-state index is 14.7. The van der Waals surface area contributed by atoms with Gasteiger partial charge in [-0.15, -0.1) is 0 Å². The molecule has 1 aliphatic carbocycles. The zero-order chi connectivity index (χ0) is 20.5. The van der Waals surface area contributed by atoms with Crippen molar-refractivity contribution in [3.8, 4) is 0 Å². The highest BCUT2D eigenvalue weighted by Crippen LogP contribution is 2.28. The molecule has 2 aromatic rings. The summed E-state index contributed by atoms with van der Waals surface area (Å²) in [5.41, 5.74) is 0.396. The second-order valence-corrected chi connectivity index (χ2v) is 8.89. The molecule has 148 valence electrons. The number of amides is 1. The molecule has 0 bridgehead atoms. The molecule has 0 aliphatic heterocycles. The van der Waals surface area contributed by atoms with Gasteiger partial charge in [0.25, 0.3) is 5.91 Å². The highest BCUT2D eigenvalue weighted by molar-refractivity contribution is 9.10. The number of aromatic nitrogens is 1. The van der Waals surface area contributed by atoms with Crippen LogP contribution in [0, 0.1) is 11.6 Å². The van der Waals surface area contributed by atoms with Gasteiger partial charge in [-0.2, -0.15) is 0 Å². The quantitative estimate of drug-likeness (QED) is 0.673. The number of fused-ring (bicyclic) bond motifs is 1. The number of halogens is 3. The number of nitrogens with zero attached hydrogens (tertiary/aromatic N) is 1. The zero-order valence-corrected chi connectivity index (χ0v) is 17.1. The van der Waals surface area contributed by atoms with Crippen LogP contribution in [0.4, 0.5) is 14.5 Å². The van der Waals surface area contributed by atoms with Crippen LogP contribution in [-0.2, 0) is 16.4 Å². The smallest absolute Gasteiger partial charge is 0.261 e. The molecule has 10 heteroatoms. The molecule has 0 saturated heterocycles. The summed E-state index contributed by atoms with van der Waals surface area (Å²) in [5.74, 6) is -3.62. The lowest BCUT2D eigenvalue weighted by Gasteiger charge is -2.13. The minimum Gasteiger partial charge on any atom is -0.321 e. The van der Waals surface area contributed by atoms with Crippen LogP contribution in [-0.4, -0.2) is 25.1 Å². The van der Waals surface area contributed by atoms with Crippen LogP contribution in [0.5, 0.6) is 0 Å². The van der Waals surface area contributed by atoms with Gasteiger partial charge in [0.1, 0.15) is 11.4 Å². The van der Waals surface area contributed by atoms with Crippen LogP contribution >= 0.6 is 15.9 Å². The van der Waals surface area contributed by atoms with Gasteiger partial charge in [-0.25, -0.2) is 17.2 Å². The van der Waals surface area contributed by atoms with Crippen molar-refractivity contribution in [2.45, 2.75) is 19.8 Å². The van der Waals surface area contributed by atoms with Crippen LogP contribution in [0.15, 0.2) is 34.9 Å². The van der Waals surface area contributed by atoms with Gasteiger partial charge in [-0.3, -0.25) is 14.5 Å². The molecule has 0 radical (unpaired) electrons. The highest BCUT2D eigenvalue weighted by atomic mass is 79.9. The average molecular weight is 472 g/mol. The molecule has 1 aromatic carbocycles. The molecule has 1 aromatic heterocycles. The van der Waals surface area contributed by atoms with Gasteiger partial charge in [0.05, 0.1) is 17.1 Å². The van der Waals surface area contributed by atoms with Gasteiger partial charge in [-0.1, -0.05) is 13.0 Å². The number of nitrogens with one attached hydrogen (secondary N) is 2. The van der Waals surface area contributed by atoms with E-state index >= 15 is 0 Å². The predicted octanol–water partition coefficient (Wildman–Crippen LogP) is 3.60. The predicted molar refractivity (Wildman–Crippen MR) is 105 cm³/mol. The molecule has 6 nitrogen and oxygen atoms in total. The van der Waals surface area contributed by atoms with Crippen LogP contribution < -0.4 is 10.0 Å². The van der Waals surface area contributed by atoms with E-state index in [1.807, 2.05) is 4.72 Å². The number of benzene rings is 1. The van der Waals surface area contributed by atoms with Gasteiger partial charge in [-0.05, 0) is 40.5 Å². The largest absolute Gasteiger partial charge is 0.321 e. The van der Waals surface area contributed by atoms with Crippen molar-refractivity contribution >= 4 is 43.2 Å². The van der Waals surface area contributed by atoms with Gasteiger partial charge < -0.3 is 5.32 Å². The van der Waals surface area contributed by atoms with Crippen molar-refractivity contribution in [3.05, 3.63) is 63.4 Å². The summed E-state index contributed by atoms with van der Waals surface area (Å²) < 4.78 is 55.4. The first-order valence-corrected chi connectivity index (χ1v) is 10.8. The molecule has 3 rings (SSSR count). The summed E-state index contributed by atoms with van der Waals surface area (Å²) in [4.78, 5) is 16.8. The fourth-order valence-corrected chi connectivity index (χ4v) is 4.27. The van der Waals surface area contributed by atoms with Gasteiger partial charge in [0, 0.05) is 28.4 Å². The summed E-state index contributed by atoms with van der Waals surface area (Å²) >= 11 is 3.29. The third-order valence-electron chi connectivity index (χ3n) is 4.03. The first kappa shape index (κ1) is 20.4. The Hall–Kier alpha value is -2.33. The Bertz CT molecular complexity index is 1090. The minimum absolute atomic E-state index is 0.225. The number of rotatable bonds is 6. The van der Waals surface area contributed by atoms with E-state index < -0.39 is 38.8 Å². The van der Waals surface area contributed by atoms with E-state index in [1.54, 1.807) is 25.3 Å². The van der Waals surface area contributed by atoms with E-state index in [0.29, 0.717) is 28.6 Å². The summed E-state index contributed by atoms with van der Waals surface area (Å²) in [6.45, 7) is 1.65. The lowest BCUT2D eigenvalue weighted by molar-refractivity contribution is 0.0965. The molecular formula is C18H16BrF2N3O3S. The Morgan fingerprint density at radius 3 is 2.79 bits per heavy atom. The lowest BCUT2D eigenvalue weighted by Crippen LogP contribution is -2.25. The van der Waals surface area contributed by atoms with Crippen molar-refractivity contribution in [2.75, 3.05) is 10.5 Å². The van der Waals surface area contributed by atoms with E-state index in [0.717, 1.165) is 17.8 Å². The molecule has 0 atom stereocenters. The molecule has 1 heterocycles. The van der Waals surface area contributed by atoms with Crippen molar-refractivity contribution < 1.29 is 22.0 Å². The summed E-state index contributed by atoms with van der Waals surface area (Å²) in [6.07, 6.45) is 4.09. The van der Waals surface area contributed by atoms with E-state index in [4.69, 9.17) is 0 Å². The Kier molecular flexibility index (Phi) is 5.80. The number of allylic oxidation sites excluding steroid dienone is 1. The molecule has 0 spiro atoms. The van der Waals surface area contributed by atoms with Crippen LogP contribution in [0.3, 0.4) is 0 Å². The minimum atomic E-state index is -3.80. The Labute approximate surface area is 169 Å². The molecule has 1 amide bonds. The SMILES string of the molecule is CCCS(=O)(=O)Nc1ccc(F)c(C(=O)NC2=CCc3ncc(Br)cc32)c1F. The van der Waals surface area contributed by atoms with Crippen molar-refractivity contribution in [3.63, 3.8) is 0 Å². The zero-order valence-electron chi connectivity index (χ0n) is 14.7. The third-order valence-corrected chi connectivity index (χ3v) is 5.94. The third kappa shape index (κ3) is 4.22. The normalized spacial score (nSPS) is 13.1. The highest BCUT2D eigenvalue weighted by Gasteiger charge is 2.25. The molecule has 2 N–H and O–H groups in total. The van der Waals surface area contributed by atoms with Gasteiger partial charge >= 0.3 is 0 Å². The standard InChI is InChI=1S/C18H16BrF2N3O3S/c1-2-7-28(26,27)24-15-4-3-12(20)16(17(15)21)18(25)23-14-6-5-13-11(14)8-10(19)9-22-13/h3-4,6,8-9,24H,2,5,7H2,1H3,(H,23,25). The van der Waals surface area contributed by atoms with E-state index in [-0.39, 0.29) is 5.75 Å².